The lowest BCUT2D eigenvalue weighted by molar-refractivity contribution is -0.137. The fraction of sp³-hybridized carbons (Fsp3) is 0.600. The summed E-state index contributed by atoms with van der Waals surface area (Å²) in [5.74, 6) is 0.178. The quantitative estimate of drug-likeness (QED) is 0.835. The fourth-order valence-corrected chi connectivity index (χ4v) is 3.04. The molecule has 1 fully saturated rings. The Kier molecular flexibility index (Phi) is 6.45. The molecule has 0 saturated carbocycles. The van der Waals surface area contributed by atoms with Crippen molar-refractivity contribution < 1.29 is 14.3 Å². The summed E-state index contributed by atoms with van der Waals surface area (Å²) in [5, 5.41) is 0. The molecule has 1 heterocycles. The Labute approximate surface area is 150 Å². The third kappa shape index (κ3) is 5.76. The number of hydrogen-bond acceptors (Lipinski definition) is 3. The number of likely N-dealkylation sites (tertiary alicyclic amines) is 1. The molecule has 1 aliphatic rings. The van der Waals surface area contributed by atoms with Gasteiger partial charge in [0.1, 0.15) is 5.60 Å². The number of carbonyl (C=O) groups is 2. The number of nitrogens with zero attached hydrogens (tertiary/aromatic N) is 2. The second-order valence-electron chi connectivity index (χ2n) is 7.58. The Balaban J connectivity index is 1.88. The molecule has 1 saturated heterocycles. The predicted octanol–water partition coefficient (Wildman–Crippen LogP) is 3.68. The minimum absolute atomic E-state index is 0.0117. The number of benzene rings is 1. The zero-order chi connectivity index (χ0) is 18.4. The highest BCUT2D eigenvalue weighted by atomic mass is 16.6. The van der Waals surface area contributed by atoms with Gasteiger partial charge in [0.2, 0.25) is 5.91 Å². The average Bonchev–Trinajstić information content (AvgIpc) is 2.58. The van der Waals surface area contributed by atoms with E-state index in [1.807, 2.05) is 62.9 Å². The zero-order valence-corrected chi connectivity index (χ0v) is 15.8. The van der Waals surface area contributed by atoms with Gasteiger partial charge >= 0.3 is 6.09 Å². The van der Waals surface area contributed by atoms with Crippen LogP contribution in [0.3, 0.4) is 0 Å². The Morgan fingerprint density at radius 3 is 2.28 bits per heavy atom. The van der Waals surface area contributed by atoms with E-state index in [1.165, 1.54) is 0 Å². The third-order valence-electron chi connectivity index (χ3n) is 4.41. The molecule has 0 atom stereocenters. The van der Waals surface area contributed by atoms with Gasteiger partial charge in [0.15, 0.2) is 0 Å². The molecule has 2 rings (SSSR count). The lowest BCUT2D eigenvalue weighted by atomic mass is 9.95. The Hall–Kier alpha value is -2.04. The van der Waals surface area contributed by atoms with E-state index in [2.05, 4.69) is 0 Å². The molecule has 1 aromatic carbocycles. The largest absolute Gasteiger partial charge is 0.444 e. The Morgan fingerprint density at radius 2 is 1.76 bits per heavy atom. The number of amides is 2. The molecule has 138 valence electrons. The summed E-state index contributed by atoms with van der Waals surface area (Å²) in [6.07, 6.45) is 1.11. The van der Waals surface area contributed by atoms with Crippen LogP contribution in [-0.4, -0.2) is 47.0 Å². The van der Waals surface area contributed by atoms with Gasteiger partial charge in [0.25, 0.3) is 0 Å². The van der Waals surface area contributed by atoms with Crippen LogP contribution in [0.4, 0.5) is 4.79 Å². The van der Waals surface area contributed by atoms with Crippen molar-refractivity contribution in [2.24, 2.45) is 5.92 Å². The van der Waals surface area contributed by atoms with Crippen LogP contribution in [0.2, 0.25) is 0 Å². The highest BCUT2D eigenvalue weighted by Crippen LogP contribution is 2.22. The van der Waals surface area contributed by atoms with Gasteiger partial charge in [0, 0.05) is 32.1 Å². The molecule has 0 unspecified atom stereocenters. The standard InChI is InChI=1S/C20H30N2O3/c1-5-21(15-16-9-7-6-8-10-16)18(23)17-11-13-22(14-12-17)19(24)25-20(2,3)4/h6-10,17H,5,11-15H2,1-4H3. The summed E-state index contributed by atoms with van der Waals surface area (Å²) < 4.78 is 5.41. The summed E-state index contributed by atoms with van der Waals surface area (Å²) in [6.45, 7) is 10.1. The number of ether oxygens (including phenoxy) is 1. The smallest absolute Gasteiger partial charge is 0.410 e. The van der Waals surface area contributed by atoms with Crippen molar-refractivity contribution in [3.63, 3.8) is 0 Å². The van der Waals surface area contributed by atoms with E-state index in [4.69, 9.17) is 4.74 Å². The molecule has 1 aromatic rings. The van der Waals surface area contributed by atoms with Gasteiger partial charge in [-0.3, -0.25) is 4.79 Å². The molecule has 0 aromatic heterocycles. The lowest BCUT2D eigenvalue weighted by Gasteiger charge is -2.35. The van der Waals surface area contributed by atoms with Crippen molar-refractivity contribution in [3.8, 4) is 0 Å². The van der Waals surface area contributed by atoms with E-state index in [0.717, 1.165) is 5.56 Å². The summed E-state index contributed by atoms with van der Waals surface area (Å²) in [6, 6.07) is 10.1. The molecule has 0 spiro atoms. The summed E-state index contributed by atoms with van der Waals surface area (Å²) in [5.41, 5.74) is 0.655. The van der Waals surface area contributed by atoms with Crippen molar-refractivity contribution in [3.05, 3.63) is 35.9 Å². The number of rotatable bonds is 4. The summed E-state index contributed by atoms with van der Waals surface area (Å²) in [4.78, 5) is 28.6. The van der Waals surface area contributed by atoms with Crippen LogP contribution in [0.25, 0.3) is 0 Å². The van der Waals surface area contributed by atoms with E-state index in [-0.39, 0.29) is 17.9 Å². The van der Waals surface area contributed by atoms with E-state index in [1.54, 1.807) is 4.90 Å². The number of carbonyl (C=O) groups excluding carboxylic acids is 2. The lowest BCUT2D eigenvalue weighted by Crippen LogP contribution is -2.45. The molecule has 0 bridgehead atoms. The van der Waals surface area contributed by atoms with E-state index >= 15 is 0 Å². The molecule has 1 aliphatic heterocycles. The molecular weight excluding hydrogens is 316 g/mol. The van der Waals surface area contributed by atoms with Gasteiger partial charge in [-0.25, -0.2) is 4.79 Å². The van der Waals surface area contributed by atoms with Crippen LogP contribution in [0.1, 0.15) is 46.1 Å². The van der Waals surface area contributed by atoms with Crippen molar-refractivity contribution in [2.45, 2.75) is 52.7 Å². The van der Waals surface area contributed by atoms with Crippen molar-refractivity contribution >= 4 is 12.0 Å². The molecule has 2 amide bonds. The van der Waals surface area contributed by atoms with Gasteiger partial charge in [-0.1, -0.05) is 30.3 Å². The van der Waals surface area contributed by atoms with Crippen molar-refractivity contribution in [1.29, 1.82) is 0 Å². The first-order valence-corrected chi connectivity index (χ1v) is 9.11. The SMILES string of the molecule is CCN(Cc1ccccc1)C(=O)C1CCN(C(=O)OC(C)(C)C)CC1. The van der Waals surface area contributed by atoms with Gasteiger partial charge in [0.05, 0.1) is 0 Å². The molecular formula is C20H30N2O3. The maximum Gasteiger partial charge on any atom is 0.410 e. The first-order valence-electron chi connectivity index (χ1n) is 9.11. The normalized spacial score (nSPS) is 15.8. The predicted molar refractivity (Wildman–Crippen MR) is 98.1 cm³/mol. The maximum atomic E-state index is 12.8. The molecule has 5 nitrogen and oxygen atoms in total. The van der Waals surface area contributed by atoms with Gasteiger partial charge in [-0.05, 0) is 46.1 Å². The summed E-state index contributed by atoms with van der Waals surface area (Å²) >= 11 is 0. The van der Waals surface area contributed by atoms with Gasteiger partial charge < -0.3 is 14.5 Å². The van der Waals surface area contributed by atoms with Gasteiger partial charge in [-0.2, -0.15) is 0 Å². The molecule has 25 heavy (non-hydrogen) atoms. The third-order valence-corrected chi connectivity index (χ3v) is 4.41. The van der Waals surface area contributed by atoms with E-state index in [9.17, 15) is 9.59 Å². The zero-order valence-electron chi connectivity index (χ0n) is 15.8. The van der Waals surface area contributed by atoms with Crippen LogP contribution in [-0.2, 0) is 16.1 Å². The fourth-order valence-electron chi connectivity index (χ4n) is 3.04. The maximum absolute atomic E-state index is 12.8. The molecule has 0 N–H and O–H groups in total. The molecule has 0 radical (unpaired) electrons. The monoisotopic (exact) mass is 346 g/mol. The molecule has 0 aliphatic carbocycles. The van der Waals surface area contributed by atoms with Crippen LogP contribution in [0.15, 0.2) is 30.3 Å². The first kappa shape index (κ1) is 19.3. The average molecular weight is 346 g/mol. The second kappa shape index (κ2) is 8.37. The van der Waals surface area contributed by atoms with E-state index in [0.29, 0.717) is 39.0 Å². The minimum Gasteiger partial charge on any atom is -0.444 e. The van der Waals surface area contributed by atoms with Gasteiger partial charge in [-0.15, -0.1) is 0 Å². The Bertz CT molecular complexity index is 572. The van der Waals surface area contributed by atoms with Crippen LogP contribution in [0, 0.1) is 5.92 Å². The second-order valence-corrected chi connectivity index (χ2v) is 7.58. The van der Waals surface area contributed by atoms with E-state index < -0.39 is 5.60 Å². The van der Waals surface area contributed by atoms with Crippen LogP contribution in [0.5, 0.6) is 0 Å². The summed E-state index contributed by atoms with van der Waals surface area (Å²) in [7, 11) is 0. The number of piperidine rings is 1. The first-order chi connectivity index (χ1) is 11.8. The topological polar surface area (TPSA) is 49.9 Å². The highest BCUT2D eigenvalue weighted by Gasteiger charge is 2.31. The van der Waals surface area contributed by atoms with Crippen molar-refractivity contribution in [2.75, 3.05) is 19.6 Å². The van der Waals surface area contributed by atoms with Crippen LogP contribution < -0.4 is 0 Å². The Morgan fingerprint density at radius 1 is 1.16 bits per heavy atom. The highest BCUT2D eigenvalue weighted by molar-refractivity contribution is 5.79. The molecule has 5 heteroatoms. The van der Waals surface area contributed by atoms with Crippen LogP contribution >= 0.6 is 0 Å². The minimum atomic E-state index is -0.488. The van der Waals surface area contributed by atoms with Crippen molar-refractivity contribution in [1.82, 2.24) is 9.80 Å². The number of hydrogen-bond donors (Lipinski definition) is 0.